The van der Waals surface area contributed by atoms with E-state index in [-0.39, 0.29) is 0 Å². The molecular weight excluding hydrogens is 354 g/mol. The lowest BCUT2D eigenvalue weighted by molar-refractivity contribution is 0.0979. The Labute approximate surface area is 156 Å². The second-order valence-corrected chi connectivity index (χ2v) is 8.13. The summed E-state index contributed by atoms with van der Waals surface area (Å²) in [5.41, 5.74) is 1.29. The average molecular weight is 386 g/mol. The topological polar surface area (TPSA) is 103 Å². The molecule has 7 nitrogen and oxygen atoms in total. The highest BCUT2D eigenvalue weighted by atomic mass is 32.3. The molecule has 1 aromatic rings. The molecule has 3 N–H and O–H groups in total. The standard InChI is InChI=1S/C18H29N3.H2O4S/c1-2-8-18(9-3-1)21-11-5-7-17(15-21)14-20-13-16-6-4-10-19-12-16;1-5(2,3)4/h4,6,10,12,17-18,20H,1-3,5,7-9,11,13-15H2;(H2,1,2,3,4). The first-order valence-corrected chi connectivity index (χ1v) is 10.8. The van der Waals surface area contributed by atoms with Crippen LogP contribution in [0.15, 0.2) is 24.5 Å². The van der Waals surface area contributed by atoms with Gasteiger partial charge in [-0.2, -0.15) is 8.42 Å². The fourth-order valence-corrected chi connectivity index (χ4v) is 3.97. The van der Waals surface area contributed by atoms with Gasteiger partial charge in [-0.05, 0) is 56.3 Å². The molecule has 1 aliphatic heterocycles. The normalized spacial score (nSPS) is 22.5. The molecule has 0 aromatic carbocycles. The van der Waals surface area contributed by atoms with Gasteiger partial charge in [-0.3, -0.25) is 14.1 Å². The second kappa shape index (κ2) is 10.9. The summed E-state index contributed by atoms with van der Waals surface area (Å²) in [6, 6.07) is 5.05. The first-order valence-electron chi connectivity index (χ1n) is 9.45. The number of pyridine rings is 1. The number of hydrogen-bond donors (Lipinski definition) is 3. The van der Waals surface area contributed by atoms with Crippen LogP contribution in [0.4, 0.5) is 0 Å². The summed E-state index contributed by atoms with van der Waals surface area (Å²) in [5, 5.41) is 3.63. The summed E-state index contributed by atoms with van der Waals surface area (Å²) in [7, 11) is -4.67. The number of hydrogen-bond acceptors (Lipinski definition) is 5. The predicted octanol–water partition coefficient (Wildman–Crippen LogP) is 2.56. The molecule has 8 heteroatoms. The summed E-state index contributed by atoms with van der Waals surface area (Å²) < 4.78 is 31.6. The first-order chi connectivity index (χ1) is 12.4. The fraction of sp³-hybridized carbons (Fsp3) is 0.722. The second-order valence-electron chi connectivity index (χ2n) is 7.24. The van der Waals surface area contributed by atoms with Crippen molar-refractivity contribution in [1.82, 2.24) is 15.2 Å². The molecule has 3 rings (SSSR count). The van der Waals surface area contributed by atoms with Gasteiger partial charge in [0.15, 0.2) is 0 Å². The molecule has 2 heterocycles. The molecule has 1 saturated heterocycles. The van der Waals surface area contributed by atoms with Gasteiger partial charge in [0.25, 0.3) is 0 Å². The maximum Gasteiger partial charge on any atom is 0.394 e. The van der Waals surface area contributed by atoms with Gasteiger partial charge in [0.05, 0.1) is 0 Å². The van der Waals surface area contributed by atoms with E-state index in [0.717, 1.165) is 25.0 Å². The summed E-state index contributed by atoms with van der Waals surface area (Å²) in [5.74, 6) is 0.831. The van der Waals surface area contributed by atoms with Gasteiger partial charge in [0, 0.05) is 31.5 Å². The van der Waals surface area contributed by atoms with Crippen LogP contribution in [-0.2, 0) is 16.9 Å². The maximum absolute atomic E-state index is 8.74. The van der Waals surface area contributed by atoms with Gasteiger partial charge in [-0.25, -0.2) is 0 Å². The highest BCUT2D eigenvalue weighted by Gasteiger charge is 2.26. The fourth-order valence-electron chi connectivity index (χ4n) is 3.97. The number of likely N-dealkylation sites (tertiary alicyclic amines) is 1. The van der Waals surface area contributed by atoms with Crippen molar-refractivity contribution in [1.29, 1.82) is 0 Å². The van der Waals surface area contributed by atoms with E-state index in [1.807, 2.05) is 18.5 Å². The van der Waals surface area contributed by atoms with Gasteiger partial charge in [-0.1, -0.05) is 25.3 Å². The Bertz CT molecular complexity index is 598. The number of rotatable bonds is 5. The van der Waals surface area contributed by atoms with Crippen LogP contribution in [0.2, 0.25) is 0 Å². The predicted molar refractivity (Wildman–Crippen MR) is 101 cm³/mol. The lowest BCUT2D eigenvalue weighted by atomic mass is 9.90. The van der Waals surface area contributed by atoms with Crippen molar-refractivity contribution in [2.45, 2.75) is 57.5 Å². The summed E-state index contributed by atoms with van der Waals surface area (Å²) in [6.07, 6.45) is 13.8. The van der Waals surface area contributed by atoms with Gasteiger partial charge in [-0.15, -0.1) is 0 Å². The van der Waals surface area contributed by atoms with E-state index in [0.29, 0.717) is 0 Å². The Kier molecular flexibility index (Phi) is 8.94. The Morgan fingerprint density at radius 3 is 2.54 bits per heavy atom. The van der Waals surface area contributed by atoms with Crippen molar-refractivity contribution >= 4 is 10.4 Å². The summed E-state index contributed by atoms with van der Waals surface area (Å²) >= 11 is 0. The minimum Gasteiger partial charge on any atom is -0.312 e. The van der Waals surface area contributed by atoms with E-state index < -0.39 is 10.4 Å². The van der Waals surface area contributed by atoms with Crippen molar-refractivity contribution in [3.05, 3.63) is 30.1 Å². The van der Waals surface area contributed by atoms with E-state index >= 15 is 0 Å². The van der Waals surface area contributed by atoms with E-state index in [9.17, 15) is 0 Å². The van der Waals surface area contributed by atoms with E-state index in [2.05, 4.69) is 21.3 Å². The smallest absolute Gasteiger partial charge is 0.312 e. The van der Waals surface area contributed by atoms with Crippen molar-refractivity contribution < 1.29 is 17.5 Å². The van der Waals surface area contributed by atoms with Crippen molar-refractivity contribution in [3.63, 3.8) is 0 Å². The highest BCUT2D eigenvalue weighted by Crippen LogP contribution is 2.26. The minimum atomic E-state index is -4.67. The molecule has 2 fully saturated rings. The van der Waals surface area contributed by atoms with Crippen LogP contribution in [0.5, 0.6) is 0 Å². The first kappa shape index (κ1) is 21.2. The lowest BCUT2D eigenvalue weighted by Crippen LogP contribution is -2.45. The monoisotopic (exact) mass is 385 g/mol. The van der Waals surface area contributed by atoms with Crippen LogP contribution in [0, 0.1) is 5.92 Å². The lowest BCUT2D eigenvalue weighted by Gasteiger charge is -2.40. The zero-order valence-electron chi connectivity index (χ0n) is 15.3. The van der Waals surface area contributed by atoms with Crippen LogP contribution in [0.1, 0.15) is 50.5 Å². The molecule has 1 unspecified atom stereocenters. The Balaban J connectivity index is 0.000000431. The molecule has 148 valence electrons. The molecule has 0 spiro atoms. The van der Waals surface area contributed by atoms with Gasteiger partial charge in [0.2, 0.25) is 0 Å². The Hall–Kier alpha value is -1.06. The number of aromatic nitrogens is 1. The minimum absolute atomic E-state index is 0.831. The van der Waals surface area contributed by atoms with Gasteiger partial charge < -0.3 is 10.2 Å². The molecule has 0 bridgehead atoms. The van der Waals surface area contributed by atoms with E-state index in [1.165, 1.54) is 63.6 Å². The van der Waals surface area contributed by atoms with Crippen LogP contribution in [-0.4, -0.2) is 53.1 Å². The van der Waals surface area contributed by atoms with Crippen LogP contribution in [0.25, 0.3) is 0 Å². The highest BCUT2D eigenvalue weighted by molar-refractivity contribution is 7.79. The Morgan fingerprint density at radius 1 is 1.15 bits per heavy atom. The number of nitrogens with one attached hydrogen (secondary N) is 1. The van der Waals surface area contributed by atoms with E-state index in [1.54, 1.807) is 0 Å². The van der Waals surface area contributed by atoms with E-state index in [4.69, 9.17) is 17.5 Å². The maximum atomic E-state index is 8.74. The zero-order chi connectivity index (χ0) is 18.8. The molecule has 1 saturated carbocycles. The third kappa shape index (κ3) is 9.05. The third-order valence-electron chi connectivity index (χ3n) is 5.13. The number of nitrogens with zero attached hydrogens (tertiary/aromatic N) is 2. The quantitative estimate of drug-likeness (QED) is 0.669. The van der Waals surface area contributed by atoms with Gasteiger partial charge >= 0.3 is 10.4 Å². The summed E-state index contributed by atoms with van der Waals surface area (Å²) in [6.45, 7) is 4.75. The molecule has 1 aromatic heterocycles. The SMILES string of the molecule is O=S(=O)(O)O.c1cncc(CNCC2CCCN(C3CCCCC3)C2)c1. The van der Waals surface area contributed by atoms with Crippen molar-refractivity contribution in [3.8, 4) is 0 Å². The zero-order valence-corrected chi connectivity index (χ0v) is 16.1. The molecule has 2 aliphatic rings. The molecule has 0 radical (unpaired) electrons. The van der Waals surface area contributed by atoms with Crippen LogP contribution < -0.4 is 5.32 Å². The third-order valence-corrected chi connectivity index (χ3v) is 5.13. The van der Waals surface area contributed by atoms with Crippen LogP contribution >= 0.6 is 0 Å². The largest absolute Gasteiger partial charge is 0.394 e. The Morgan fingerprint density at radius 2 is 1.88 bits per heavy atom. The van der Waals surface area contributed by atoms with Crippen LogP contribution in [0.3, 0.4) is 0 Å². The molecule has 1 aliphatic carbocycles. The molecule has 26 heavy (non-hydrogen) atoms. The average Bonchev–Trinajstić information content (AvgIpc) is 2.62. The van der Waals surface area contributed by atoms with Crippen molar-refractivity contribution in [2.75, 3.05) is 19.6 Å². The molecule has 0 amide bonds. The summed E-state index contributed by atoms with van der Waals surface area (Å²) in [4.78, 5) is 6.97. The van der Waals surface area contributed by atoms with Gasteiger partial charge in [0.1, 0.15) is 0 Å². The molecule has 1 atom stereocenters. The molecular formula is C18H31N3O4S. The number of piperidine rings is 1. The van der Waals surface area contributed by atoms with Crippen molar-refractivity contribution in [2.24, 2.45) is 5.92 Å².